The highest BCUT2D eigenvalue weighted by molar-refractivity contribution is 7.22. The predicted molar refractivity (Wildman–Crippen MR) is 259 cm³/mol. The quantitative estimate of drug-likeness (QED) is 0.141. The second-order valence-corrected chi connectivity index (χ2v) is 23.7. The fraction of sp³-hybridized carbons (Fsp3) is 0.276. The second-order valence-electron chi connectivity index (χ2n) is 20.0. The van der Waals surface area contributed by atoms with Crippen LogP contribution >= 0.6 is 0 Å². The molecular weight excluding hydrogens is 736 g/mol. The molecule has 4 fully saturated rings. The maximum atomic E-state index is 2.60. The van der Waals surface area contributed by atoms with Gasteiger partial charge in [0.25, 0.3) is 0 Å². The van der Waals surface area contributed by atoms with E-state index < -0.39 is 8.07 Å². The Morgan fingerprint density at radius 1 is 0.450 bits per heavy atom. The van der Waals surface area contributed by atoms with Gasteiger partial charge in [-0.25, -0.2) is 0 Å². The van der Waals surface area contributed by atoms with Crippen molar-refractivity contribution in [1.82, 2.24) is 0 Å². The monoisotopic (exact) mass is 792 g/mol. The topological polar surface area (TPSA) is 0 Å². The van der Waals surface area contributed by atoms with E-state index in [0.717, 1.165) is 11.8 Å². The van der Waals surface area contributed by atoms with Crippen LogP contribution in [-0.2, 0) is 10.8 Å². The average Bonchev–Trinajstić information content (AvgIpc) is 3.53. The molecule has 0 spiro atoms. The lowest BCUT2D eigenvalue weighted by atomic mass is 9.34. The molecule has 7 aromatic rings. The van der Waals surface area contributed by atoms with Crippen LogP contribution < -0.4 is 37.1 Å². The van der Waals surface area contributed by atoms with Gasteiger partial charge < -0.3 is 0 Å². The van der Waals surface area contributed by atoms with Crippen molar-refractivity contribution < 1.29 is 0 Å². The third kappa shape index (κ3) is 5.62. The Bertz CT molecular complexity index is 2630. The molecule has 1 aliphatic heterocycles. The molecule has 0 saturated heterocycles. The number of hydrogen-bond acceptors (Lipinski definition) is 0. The maximum absolute atomic E-state index is 2.60. The van der Waals surface area contributed by atoms with Crippen LogP contribution in [0.15, 0.2) is 152 Å². The number of fused-ring (bicyclic) bond motifs is 3. The molecule has 7 aromatic carbocycles. The summed E-state index contributed by atoms with van der Waals surface area (Å²) in [6.45, 7) is 14.0. The lowest BCUT2D eigenvalue weighted by Gasteiger charge is -2.63. The zero-order valence-corrected chi connectivity index (χ0v) is 37.4. The summed E-state index contributed by atoms with van der Waals surface area (Å²) in [5.41, 5.74) is 19.1. The Labute approximate surface area is 360 Å². The molecule has 12 rings (SSSR count). The van der Waals surface area contributed by atoms with E-state index in [9.17, 15) is 0 Å². The van der Waals surface area contributed by atoms with E-state index >= 15 is 0 Å². The van der Waals surface area contributed by atoms with Gasteiger partial charge in [0.1, 0.15) is 0 Å². The lowest BCUT2D eigenvalue weighted by Crippen LogP contribution is -2.72. The van der Waals surface area contributed by atoms with Crippen LogP contribution in [0.25, 0.3) is 11.1 Å². The van der Waals surface area contributed by atoms with Crippen LogP contribution in [0.3, 0.4) is 0 Å². The molecule has 0 nitrogen and oxygen atoms in total. The second kappa shape index (κ2) is 13.9. The Balaban J connectivity index is 0.979. The van der Waals surface area contributed by atoms with Gasteiger partial charge in [0.05, 0.1) is 0 Å². The first-order valence-electron chi connectivity index (χ1n) is 22.7. The highest BCUT2D eigenvalue weighted by Crippen LogP contribution is 2.66. The Morgan fingerprint density at radius 2 is 0.850 bits per heavy atom. The SMILES string of the molecule is Cc1cc(C)c(B(c2ccc(C34CC5CC(C3)CC(c3ccc([Si]6(c7ccccc7)c7ccccc7-c7ccccc76)cc3)(C5)C4)cc2)c2c(C)cc(C)cc2C)c(C)c1. The van der Waals surface area contributed by atoms with E-state index in [1.165, 1.54) is 120 Å². The van der Waals surface area contributed by atoms with E-state index in [-0.39, 0.29) is 17.5 Å². The van der Waals surface area contributed by atoms with Crippen molar-refractivity contribution >= 4 is 51.9 Å². The molecule has 4 saturated carbocycles. The zero-order chi connectivity index (χ0) is 41.0. The average molecular weight is 793 g/mol. The molecule has 2 heteroatoms. The molecule has 0 amide bonds. The van der Waals surface area contributed by atoms with Gasteiger partial charge in [-0.15, -0.1) is 0 Å². The minimum atomic E-state index is -2.49. The van der Waals surface area contributed by atoms with E-state index in [1.807, 2.05) is 0 Å². The smallest absolute Gasteiger partial charge is 0.0686 e. The van der Waals surface area contributed by atoms with Gasteiger partial charge in [-0.05, 0) is 146 Å². The van der Waals surface area contributed by atoms with Gasteiger partial charge in [0.15, 0.2) is 8.07 Å². The summed E-state index contributed by atoms with van der Waals surface area (Å²) >= 11 is 0. The number of aryl methyl sites for hydroxylation is 6. The highest BCUT2D eigenvalue weighted by Gasteiger charge is 2.59. The fourth-order valence-corrected chi connectivity index (χ4v) is 19.7. The molecule has 5 aliphatic rings. The van der Waals surface area contributed by atoms with Gasteiger partial charge in [0.2, 0.25) is 6.71 Å². The van der Waals surface area contributed by atoms with Crippen molar-refractivity contribution in [1.29, 1.82) is 0 Å². The van der Waals surface area contributed by atoms with Crippen LogP contribution in [-0.4, -0.2) is 14.8 Å². The van der Waals surface area contributed by atoms with Crippen molar-refractivity contribution in [3.05, 3.63) is 196 Å². The summed E-state index contributed by atoms with van der Waals surface area (Å²) in [5.74, 6) is 1.60. The third-order valence-corrected chi connectivity index (χ3v) is 20.9. The van der Waals surface area contributed by atoms with Crippen molar-refractivity contribution in [3.63, 3.8) is 0 Å². The van der Waals surface area contributed by atoms with Crippen molar-refractivity contribution in [2.24, 2.45) is 11.8 Å². The number of benzene rings is 7. The molecule has 296 valence electrons. The standard InChI is InChI=1S/C58H57BSi/c1-38-28-40(3)55(41(4)29-38)59(56-42(5)30-39(2)31-43(56)6)48-24-20-46(21-25-48)57-33-44-32-45(34-57)36-58(35-44,37-57)47-22-26-50(27-23-47)60(49-14-8-7-9-15-49)53-18-12-10-16-51(53)52-17-11-13-19-54(52)60/h7-31,44-45H,32-37H2,1-6H3. The summed E-state index contributed by atoms with van der Waals surface area (Å²) in [6.07, 6.45) is 8.06. The van der Waals surface area contributed by atoms with Gasteiger partial charge in [-0.1, -0.05) is 201 Å². The molecule has 2 unspecified atom stereocenters. The highest BCUT2D eigenvalue weighted by atomic mass is 28.3. The van der Waals surface area contributed by atoms with E-state index in [0.29, 0.717) is 0 Å². The van der Waals surface area contributed by atoms with Crippen molar-refractivity contribution in [2.75, 3.05) is 0 Å². The van der Waals surface area contributed by atoms with Crippen LogP contribution in [0.2, 0.25) is 0 Å². The van der Waals surface area contributed by atoms with Crippen molar-refractivity contribution in [3.8, 4) is 11.1 Å². The normalized spacial score (nSPS) is 23.0. The molecular formula is C58H57BSi. The van der Waals surface area contributed by atoms with E-state index in [4.69, 9.17) is 0 Å². The van der Waals surface area contributed by atoms with Crippen LogP contribution in [0.5, 0.6) is 0 Å². The molecule has 0 N–H and O–H groups in total. The first kappa shape index (κ1) is 37.8. The Kier molecular flexibility index (Phi) is 8.78. The Morgan fingerprint density at radius 3 is 1.32 bits per heavy atom. The molecule has 4 bridgehead atoms. The number of rotatable bonds is 7. The molecule has 4 aliphatic carbocycles. The van der Waals surface area contributed by atoms with E-state index in [2.05, 4.69) is 193 Å². The summed E-state index contributed by atoms with van der Waals surface area (Å²) in [5, 5.41) is 6.06. The molecule has 1 heterocycles. The minimum Gasteiger partial charge on any atom is -0.0686 e. The fourth-order valence-electron chi connectivity index (χ4n) is 14.5. The third-order valence-electron chi connectivity index (χ3n) is 16.1. The summed E-state index contributed by atoms with van der Waals surface area (Å²) in [6, 6.07) is 60.2. The Hall–Kier alpha value is -5.18. The maximum Gasteiger partial charge on any atom is 0.242 e. The van der Waals surface area contributed by atoms with Gasteiger partial charge in [-0.3, -0.25) is 0 Å². The molecule has 60 heavy (non-hydrogen) atoms. The molecule has 0 aromatic heterocycles. The summed E-state index contributed by atoms with van der Waals surface area (Å²) in [7, 11) is -2.49. The van der Waals surface area contributed by atoms with E-state index in [1.54, 1.807) is 11.1 Å². The predicted octanol–water partition coefficient (Wildman–Crippen LogP) is 9.20. The van der Waals surface area contributed by atoms with Gasteiger partial charge in [0, 0.05) is 0 Å². The van der Waals surface area contributed by atoms with Crippen LogP contribution in [0.4, 0.5) is 0 Å². The minimum absolute atomic E-state index is 0.211. The molecule has 2 atom stereocenters. The zero-order valence-electron chi connectivity index (χ0n) is 36.4. The van der Waals surface area contributed by atoms with Crippen molar-refractivity contribution in [2.45, 2.75) is 90.9 Å². The first-order chi connectivity index (χ1) is 29.1. The lowest BCUT2D eigenvalue weighted by molar-refractivity contribution is -0.0281. The summed E-state index contributed by atoms with van der Waals surface area (Å²) in [4.78, 5) is 0. The van der Waals surface area contributed by atoms with Crippen LogP contribution in [0.1, 0.15) is 83.0 Å². The van der Waals surface area contributed by atoms with Crippen LogP contribution in [0, 0.1) is 53.4 Å². The first-order valence-corrected chi connectivity index (χ1v) is 24.7. The number of hydrogen-bond donors (Lipinski definition) is 0. The molecule has 0 radical (unpaired) electrons. The largest absolute Gasteiger partial charge is 0.242 e. The van der Waals surface area contributed by atoms with Gasteiger partial charge in [-0.2, -0.15) is 0 Å². The summed E-state index contributed by atoms with van der Waals surface area (Å²) < 4.78 is 0. The van der Waals surface area contributed by atoms with Gasteiger partial charge >= 0.3 is 0 Å².